The van der Waals surface area contributed by atoms with Gasteiger partial charge >= 0.3 is 0 Å². The molecule has 1 N–H and O–H groups in total. The average Bonchev–Trinajstić information content (AvgIpc) is 2.44. The van der Waals surface area contributed by atoms with E-state index in [1.54, 1.807) is 7.11 Å². The zero-order valence-electron chi connectivity index (χ0n) is 12.2. The zero-order chi connectivity index (χ0) is 13.7. The summed E-state index contributed by atoms with van der Waals surface area (Å²) in [4.78, 5) is 0. The molecule has 1 aromatic carbocycles. The van der Waals surface area contributed by atoms with E-state index in [0.717, 1.165) is 13.0 Å². The van der Waals surface area contributed by atoms with E-state index >= 15 is 0 Å². The molecular weight excluding hydrogens is 254 g/mol. The Bertz CT molecular complexity index is 396. The van der Waals surface area contributed by atoms with Crippen LogP contribution in [-0.2, 0) is 4.74 Å². The Balaban J connectivity index is 2.06. The molecule has 0 bridgehead atoms. The van der Waals surface area contributed by atoms with Crippen LogP contribution in [0.1, 0.15) is 42.9 Å². The van der Waals surface area contributed by atoms with Crippen molar-refractivity contribution in [3.8, 4) is 0 Å². The summed E-state index contributed by atoms with van der Waals surface area (Å²) in [6.45, 7) is 3.23. The summed E-state index contributed by atoms with van der Waals surface area (Å²) in [5.41, 5.74) is 3.02. The fraction of sp³-hybridized carbons (Fsp3) is 0.625. The maximum atomic E-state index is 5.13. The maximum absolute atomic E-state index is 5.13. The maximum Gasteiger partial charge on any atom is 0.0470 e. The van der Waals surface area contributed by atoms with Crippen LogP contribution in [-0.4, -0.2) is 31.8 Å². The number of nitrogens with one attached hydrogen (secondary N) is 1. The van der Waals surface area contributed by atoms with Gasteiger partial charge in [-0.15, -0.1) is 0 Å². The minimum atomic E-state index is 0.486. The monoisotopic (exact) mass is 279 g/mol. The van der Waals surface area contributed by atoms with E-state index in [0.29, 0.717) is 17.2 Å². The number of methoxy groups -OCH3 is 1. The van der Waals surface area contributed by atoms with Crippen molar-refractivity contribution in [2.75, 3.05) is 26.5 Å². The lowest BCUT2D eigenvalue weighted by atomic mass is 9.81. The van der Waals surface area contributed by atoms with Crippen LogP contribution in [0.15, 0.2) is 24.3 Å². The van der Waals surface area contributed by atoms with Gasteiger partial charge in [0.2, 0.25) is 0 Å². The van der Waals surface area contributed by atoms with Crippen molar-refractivity contribution in [2.45, 2.75) is 37.0 Å². The number of fused-ring (bicyclic) bond motifs is 1. The molecule has 2 nitrogen and oxygen atoms in total. The van der Waals surface area contributed by atoms with E-state index in [1.165, 1.54) is 23.3 Å². The van der Waals surface area contributed by atoms with Crippen LogP contribution >= 0.6 is 11.8 Å². The lowest BCUT2D eigenvalue weighted by molar-refractivity contribution is 0.200. The van der Waals surface area contributed by atoms with Crippen molar-refractivity contribution in [3.05, 3.63) is 35.4 Å². The molecule has 0 aromatic heterocycles. The molecule has 0 saturated carbocycles. The number of rotatable bonds is 6. The number of ether oxygens (including phenoxy) is 1. The molecule has 0 radical (unpaired) electrons. The third kappa shape index (κ3) is 3.53. The second kappa shape index (κ2) is 7.32. The highest BCUT2D eigenvalue weighted by molar-refractivity contribution is 7.99. The molecule has 106 valence electrons. The highest BCUT2D eigenvalue weighted by Crippen LogP contribution is 2.42. The molecule has 0 aliphatic heterocycles. The smallest absolute Gasteiger partial charge is 0.0470 e. The first-order chi connectivity index (χ1) is 9.27. The van der Waals surface area contributed by atoms with Crippen molar-refractivity contribution < 1.29 is 4.74 Å². The summed E-state index contributed by atoms with van der Waals surface area (Å²) in [6, 6.07) is 9.38. The third-order valence-corrected chi connectivity index (χ3v) is 5.37. The largest absolute Gasteiger partial charge is 0.385 e. The first-order valence-electron chi connectivity index (χ1n) is 7.14. The van der Waals surface area contributed by atoms with Crippen LogP contribution < -0.4 is 5.32 Å². The van der Waals surface area contributed by atoms with E-state index in [9.17, 15) is 0 Å². The van der Waals surface area contributed by atoms with Crippen molar-refractivity contribution in [1.82, 2.24) is 5.32 Å². The summed E-state index contributed by atoms with van der Waals surface area (Å²) < 4.78 is 5.13. The second-order valence-corrected chi connectivity index (χ2v) is 6.63. The molecule has 3 atom stereocenters. The highest BCUT2D eigenvalue weighted by Gasteiger charge is 2.31. The molecule has 0 spiro atoms. The van der Waals surface area contributed by atoms with Crippen LogP contribution in [0.3, 0.4) is 0 Å². The van der Waals surface area contributed by atoms with Gasteiger partial charge in [-0.25, -0.2) is 0 Å². The molecule has 0 saturated heterocycles. The molecule has 19 heavy (non-hydrogen) atoms. The van der Waals surface area contributed by atoms with Gasteiger partial charge < -0.3 is 10.1 Å². The third-order valence-electron chi connectivity index (χ3n) is 3.96. The molecule has 0 heterocycles. The average molecular weight is 279 g/mol. The van der Waals surface area contributed by atoms with Gasteiger partial charge in [0.05, 0.1) is 0 Å². The van der Waals surface area contributed by atoms with Crippen molar-refractivity contribution >= 4 is 11.8 Å². The van der Waals surface area contributed by atoms with E-state index in [2.05, 4.69) is 55.3 Å². The quantitative estimate of drug-likeness (QED) is 0.804. The van der Waals surface area contributed by atoms with Crippen LogP contribution in [0.25, 0.3) is 0 Å². The van der Waals surface area contributed by atoms with Gasteiger partial charge in [-0.3, -0.25) is 0 Å². The second-order valence-electron chi connectivity index (χ2n) is 5.29. The Morgan fingerprint density at radius 2 is 2.05 bits per heavy atom. The molecule has 2 rings (SSSR count). The van der Waals surface area contributed by atoms with Crippen LogP contribution in [0.2, 0.25) is 0 Å². The first-order valence-corrected chi connectivity index (χ1v) is 8.19. The standard InChI is InChI=1S/C16H25NOS/c1-12-11-15(19-10-6-9-18-3)16(17-2)14-8-5-4-7-13(12)14/h4-5,7-8,12,15-17H,6,9-11H2,1-3H3. The lowest BCUT2D eigenvalue weighted by Crippen LogP contribution is -2.33. The fourth-order valence-electron chi connectivity index (χ4n) is 3.00. The van der Waals surface area contributed by atoms with Gasteiger partial charge in [0.25, 0.3) is 0 Å². The number of benzene rings is 1. The molecule has 0 fully saturated rings. The Labute approximate surface area is 121 Å². The number of hydrogen-bond acceptors (Lipinski definition) is 3. The van der Waals surface area contributed by atoms with E-state index < -0.39 is 0 Å². The molecule has 1 aromatic rings. The predicted molar refractivity (Wildman–Crippen MR) is 84.0 cm³/mol. The first kappa shape index (κ1) is 14.9. The van der Waals surface area contributed by atoms with Crippen molar-refractivity contribution in [2.24, 2.45) is 0 Å². The summed E-state index contributed by atoms with van der Waals surface area (Å²) in [5, 5.41) is 4.19. The summed E-state index contributed by atoms with van der Waals surface area (Å²) in [7, 11) is 3.86. The Morgan fingerprint density at radius 3 is 2.74 bits per heavy atom. The molecule has 1 aliphatic carbocycles. The lowest BCUT2D eigenvalue weighted by Gasteiger charge is -2.36. The van der Waals surface area contributed by atoms with Gasteiger partial charge in [0.15, 0.2) is 0 Å². The van der Waals surface area contributed by atoms with Crippen molar-refractivity contribution in [3.63, 3.8) is 0 Å². The van der Waals surface area contributed by atoms with Gasteiger partial charge in [-0.2, -0.15) is 11.8 Å². The normalized spacial score (nSPS) is 26.2. The SMILES string of the molecule is CNC1c2ccccc2C(C)CC1SCCCOC. The summed E-state index contributed by atoms with van der Waals surface area (Å²) >= 11 is 2.09. The fourth-order valence-corrected chi connectivity index (χ4v) is 4.49. The Hall–Kier alpha value is -0.510. The summed E-state index contributed by atoms with van der Waals surface area (Å²) in [6.07, 6.45) is 2.41. The topological polar surface area (TPSA) is 21.3 Å². The molecular formula is C16H25NOS. The Morgan fingerprint density at radius 1 is 1.32 bits per heavy atom. The van der Waals surface area contributed by atoms with Crippen LogP contribution in [0, 0.1) is 0 Å². The summed E-state index contributed by atoms with van der Waals surface area (Å²) in [5.74, 6) is 1.85. The molecule has 3 heteroatoms. The Kier molecular flexibility index (Phi) is 5.74. The molecule has 3 unspecified atom stereocenters. The van der Waals surface area contributed by atoms with Crippen molar-refractivity contribution in [1.29, 1.82) is 0 Å². The number of thioether (sulfide) groups is 1. The molecule has 1 aliphatic rings. The minimum absolute atomic E-state index is 0.486. The number of hydrogen-bond donors (Lipinski definition) is 1. The minimum Gasteiger partial charge on any atom is -0.385 e. The van der Waals surface area contributed by atoms with E-state index in [-0.39, 0.29) is 0 Å². The van der Waals surface area contributed by atoms with E-state index in [1.807, 2.05) is 0 Å². The van der Waals surface area contributed by atoms with E-state index in [4.69, 9.17) is 4.74 Å². The van der Waals surface area contributed by atoms with Crippen LogP contribution in [0.4, 0.5) is 0 Å². The predicted octanol–water partition coefficient (Wildman–Crippen LogP) is 3.59. The molecule has 0 amide bonds. The van der Waals surface area contributed by atoms with Gasteiger partial charge in [0.1, 0.15) is 0 Å². The van der Waals surface area contributed by atoms with Gasteiger partial charge in [0, 0.05) is 25.0 Å². The van der Waals surface area contributed by atoms with Gasteiger partial charge in [-0.1, -0.05) is 31.2 Å². The van der Waals surface area contributed by atoms with Crippen LogP contribution in [0.5, 0.6) is 0 Å². The van der Waals surface area contributed by atoms with Gasteiger partial charge in [-0.05, 0) is 42.7 Å². The highest BCUT2D eigenvalue weighted by atomic mass is 32.2. The zero-order valence-corrected chi connectivity index (χ0v) is 13.0.